The maximum absolute atomic E-state index is 11.0. The second-order valence-electron chi connectivity index (χ2n) is 4.60. The number of carboxylic acids is 1. The first-order valence-electron chi connectivity index (χ1n) is 6.06. The van der Waals surface area contributed by atoms with E-state index in [4.69, 9.17) is 5.11 Å². The fourth-order valence-electron chi connectivity index (χ4n) is 2.37. The van der Waals surface area contributed by atoms with Gasteiger partial charge in [0.2, 0.25) is 0 Å². The lowest BCUT2D eigenvalue weighted by Crippen LogP contribution is -2.40. The maximum Gasteiger partial charge on any atom is 0.307 e. The lowest BCUT2D eigenvalue weighted by molar-refractivity contribution is -0.143. The zero-order valence-electron chi connectivity index (χ0n) is 10.0. The van der Waals surface area contributed by atoms with Crippen LogP contribution in [0.25, 0.3) is 0 Å². The van der Waals surface area contributed by atoms with Gasteiger partial charge in [0.15, 0.2) is 0 Å². The smallest absolute Gasteiger partial charge is 0.307 e. The van der Waals surface area contributed by atoms with Crippen LogP contribution >= 0.6 is 0 Å². The van der Waals surface area contributed by atoms with Gasteiger partial charge in [0, 0.05) is 18.8 Å². The molecular weight excluding hydrogens is 216 g/mol. The maximum atomic E-state index is 11.0. The van der Waals surface area contributed by atoms with Crippen LogP contribution in [0.15, 0.2) is 24.4 Å². The number of nitrogens with zero attached hydrogens (tertiary/aromatic N) is 2. The standard InChI is InChI=1S/C13H18N2O2/c1-10(12-6-2-3-7-14-12)15-8-4-5-11(9-15)13(16)17/h2-3,6-7,10-11H,4-5,8-9H2,1H3,(H,16,17)/t10-,11-/m0/s1. The third-order valence-corrected chi connectivity index (χ3v) is 3.47. The predicted octanol–water partition coefficient (Wildman–Crippen LogP) is 1.94. The monoisotopic (exact) mass is 234 g/mol. The van der Waals surface area contributed by atoms with Crippen molar-refractivity contribution in [2.24, 2.45) is 5.92 Å². The number of aromatic nitrogens is 1. The van der Waals surface area contributed by atoms with Gasteiger partial charge >= 0.3 is 5.97 Å². The van der Waals surface area contributed by atoms with E-state index >= 15 is 0 Å². The molecule has 0 spiro atoms. The van der Waals surface area contributed by atoms with Crippen LogP contribution in [0.4, 0.5) is 0 Å². The van der Waals surface area contributed by atoms with Gasteiger partial charge in [0.05, 0.1) is 11.6 Å². The van der Waals surface area contributed by atoms with E-state index in [1.807, 2.05) is 18.2 Å². The van der Waals surface area contributed by atoms with Crippen LogP contribution in [0, 0.1) is 5.92 Å². The van der Waals surface area contributed by atoms with Crippen molar-refractivity contribution in [2.75, 3.05) is 13.1 Å². The molecule has 1 aliphatic heterocycles. The summed E-state index contributed by atoms with van der Waals surface area (Å²) in [6.07, 6.45) is 3.53. The topological polar surface area (TPSA) is 53.4 Å². The molecule has 4 nitrogen and oxygen atoms in total. The molecule has 0 aliphatic carbocycles. The Balaban J connectivity index is 2.05. The Morgan fingerprint density at radius 2 is 2.41 bits per heavy atom. The molecule has 2 rings (SSSR count). The van der Waals surface area contributed by atoms with Crippen LogP contribution in [0.2, 0.25) is 0 Å². The molecule has 1 N–H and O–H groups in total. The number of carbonyl (C=O) groups is 1. The van der Waals surface area contributed by atoms with Gasteiger partial charge in [-0.15, -0.1) is 0 Å². The Bertz CT molecular complexity index is 380. The molecule has 0 bridgehead atoms. The van der Waals surface area contributed by atoms with Gasteiger partial charge < -0.3 is 5.11 Å². The first-order valence-corrected chi connectivity index (χ1v) is 6.06. The summed E-state index contributed by atoms with van der Waals surface area (Å²) in [5, 5.41) is 9.07. The number of piperidine rings is 1. The van der Waals surface area contributed by atoms with Crippen LogP contribution in [0.1, 0.15) is 31.5 Å². The van der Waals surface area contributed by atoms with Crippen molar-refractivity contribution in [3.05, 3.63) is 30.1 Å². The van der Waals surface area contributed by atoms with Gasteiger partial charge in [-0.3, -0.25) is 14.7 Å². The largest absolute Gasteiger partial charge is 0.481 e. The van der Waals surface area contributed by atoms with E-state index in [1.165, 1.54) is 0 Å². The summed E-state index contributed by atoms with van der Waals surface area (Å²) in [5.74, 6) is -0.905. The number of pyridine rings is 1. The highest BCUT2D eigenvalue weighted by Gasteiger charge is 2.28. The minimum atomic E-state index is -0.678. The summed E-state index contributed by atoms with van der Waals surface area (Å²) in [4.78, 5) is 17.6. The highest BCUT2D eigenvalue weighted by Crippen LogP contribution is 2.25. The van der Waals surface area contributed by atoms with Gasteiger partial charge in [0.25, 0.3) is 0 Å². The fraction of sp³-hybridized carbons (Fsp3) is 0.538. The lowest BCUT2D eigenvalue weighted by atomic mass is 9.96. The number of likely N-dealkylation sites (tertiary alicyclic amines) is 1. The molecular formula is C13H18N2O2. The molecule has 1 fully saturated rings. The molecule has 1 aromatic heterocycles. The molecule has 2 atom stereocenters. The summed E-state index contributed by atoms with van der Waals surface area (Å²) in [6.45, 7) is 3.68. The highest BCUT2D eigenvalue weighted by molar-refractivity contribution is 5.70. The number of hydrogen-bond donors (Lipinski definition) is 1. The van der Waals surface area contributed by atoms with Crippen LogP contribution in [0.5, 0.6) is 0 Å². The van der Waals surface area contributed by atoms with E-state index in [0.29, 0.717) is 6.54 Å². The van der Waals surface area contributed by atoms with E-state index < -0.39 is 5.97 Å². The molecule has 1 aliphatic rings. The quantitative estimate of drug-likeness (QED) is 0.868. The van der Waals surface area contributed by atoms with Gasteiger partial charge in [-0.1, -0.05) is 6.07 Å². The zero-order valence-corrected chi connectivity index (χ0v) is 10.0. The van der Waals surface area contributed by atoms with Crippen molar-refractivity contribution < 1.29 is 9.90 Å². The summed E-state index contributed by atoms with van der Waals surface area (Å²) in [5.41, 5.74) is 1.01. The van der Waals surface area contributed by atoms with Crippen molar-refractivity contribution >= 4 is 5.97 Å². The molecule has 0 aromatic carbocycles. The number of rotatable bonds is 3. The number of aliphatic carboxylic acids is 1. The van der Waals surface area contributed by atoms with E-state index in [1.54, 1.807) is 6.20 Å². The van der Waals surface area contributed by atoms with Gasteiger partial charge in [-0.25, -0.2) is 0 Å². The first kappa shape index (κ1) is 12.0. The molecule has 0 radical (unpaired) electrons. The lowest BCUT2D eigenvalue weighted by Gasteiger charge is -2.34. The zero-order chi connectivity index (χ0) is 12.3. The van der Waals surface area contributed by atoms with E-state index in [9.17, 15) is 4.79 Å². The second kappa shape index (κ2) is 5.27. The van der Waals surface area contributed by atoms with Crippen molar-refractivity contribution in [3.63, 3.8) is 0 Å². The minimum Gasteiger partial charge on any atom is -0.481 e. The summed E-state index contributed by atoms with van der Waals surface area (Å²) in [7, 11) is 0. The Morgan fingerprint density at radius 1 is 1.59 bits per heavy atom. The molecule has 0 saturated carbocycles. The Morgan fingerprint density at radius 3 is 3.06 bits per heavy atom. The van der Waals surface area contributed by atoms with Crippen molar-refractivity contribution in [1.29, 1.82) is 0 Å². The molecule has 4 heteroatoms. The Kier molecular flexibility index (Phi) is 3.74. The first-order chi connectivity index (χ1) is 8.18. The molecule has 2 heterocycles. The van der Waals surface area contributed by atoms with Crippen molar-refractivity contribution in [1.82, 2.24) is 9.88 Å². The van der Waals surface area contributed by atoms with Crippen LogP contribution < -0.4 is 0 Å². The highest BCUT2D eigenvalue weighted by atomic mass is 16.4. The third kappa shape index (κ3) is 2.82. The van der Waals surface area contributed by atoms with Crippen LogP contribution in [0.3, 0.4) is 0 Å². The average Bonchev–Trinajstić information content (AvgIpc) is 2.39. The number of carboxylic acid groups (broad SMARTS) is 1. The predicted molar refractivity (Wildman–Crippen MR) is 64.6 cm³/mol. The molecule has 1 saturated heterocycles. The Hall–Kier alpha value is -1.42. The summed E-state index contributed by atoms with van der Waals surface area (Å²) in [6, 6.07) is 6.05. The SMILES string of the molecule is C[C@@H](c1ccccn1)N1CCC[C@H](C(=O)O)C1. The number of hydrogen-bond acceptors (Lipinski definition) is 3. The van der Waals surface area contributed by atoms with Gasteiger partial charge in [-0.2, -0.15) is 0 Å². The fourth-order valence-corrected chi connectivity index (χ4v) is 2.37. The van der Waals surface area contributed by atoms with E-state index in [-0.39, 0.29) is 12.0 Å². The molecule has 1 aromatic rings. The third-order valence-electron chi connectivity index (χ3n) is 3.47. The van der Waals surface area contributed by atoms with Gasteiger partial charge in [-0.05, 0) is 38.4 Å². The average molecular weight is 234 g/mol. The molecule has 17 heavy (non-hydrogen) atoms. The van der Waals surface area contributed by atoms with E-state index in [2.05, 4.69) is 16.8 Å². The normalized spacial score (nSPS) is 23.2. The summed E-state index contributed by atoms with van der Waals surface area (Å²) < 4.78 is 0. The summed E-state index contributed by atoms with van der Waals surface area (Å²) >= 11 is 0. The van der Waals surface area contributed by atoms with Gasteiger partial charge in [0.1, 0.15) is 0 Å². The second-order valence-corrected chi connectivity index (χ2v) is 4.60. The van der Waals surface area contributed by atoms with E-state index in [0.717, 1.165) is 25.1 Å². The Labute approximate surface area is 101 Å². The van der Waals surface area contributed by atoms with Crippen molar-refractivity contribution in [2.45, 2.75) is 25.8 Å². The van der Waals surface area contributed by atoms with Crippen molar-refractivity contribution in [3.8, 4) is 0 Å². The molecule has 0 amide bonds. The van der Waals surface area contributed by atoms with Crippen LogP contribution in [-0.4, -0.2) is 34.0 Å². The molecule has 0 unspecified atom stereocenters. The minimum absolute atomic E-state index is 0.193. The van der Waals surface area contributed by atoms with Crippen LogP contribution in [-0.2, 0) is 4.79 Å². The molecule has 92 valence electrons.